The molecule has 0 saturated heterocycles. The minimum Gasteiger partial charge on any atom is -0.282 e. The van der Waals surface area contributed by atoms with Gasteiger partial charge in [-0.05, 0) is 29.8 Å². The highest BCUT2D eigenvalue weighted by atomic mass is 79.9. The molecule has 3 rings (SSSR count). The van der Waals surface area contributed by atoms with Crippen molar-refractivity contribution in [1.82, 2.24) is 14.8 Å². The third-order valence-corrected chi connectivity index (χ3v) is 4.24. The monoisotopic (exact) mass is 405 g/mol. The molecule has 5 heteroatoms. The lowest BCUT2D eigenvalue weighted by Crippen LogP contribution is -2.05. The number of alkyl halides is 1. The summed E-state index contributed by atoms with van der Waals surface area (Å²) < 4.78 is 3.19. The molecule has 0 amide bonds. The molecule has 3 nitrogen and oxygen atoms in total. The fourth-order valence-electron chi connectivity index (χ4n) is 2.21. The number of hydrogen-bond acceptors (Lipinski definition) is 2. The predicted molar refractivity (Wildman–Crippen MR) is 90.9 cm³/mol. The second-order valence-electron chi connectivity index (χ2n) is 4.64. The summed E-state index contributed by atoms with van der Waals surface area (Å²) >= 11 is 6.94. The summed E-state index contributed by atoms with van der Waals surface area (Å²) in [6.45, 7) is 0. The van der Waals surface area contributed by atoms with Crippen molar-refractivity contribution >= 4 is 31.9 Å². The Bertz CT molecular complexity index is 721. The summed E-state index contributed by atoms with van der Waals surface area (Å²) in [5, 5.41) is 9.31. The van der Waals surface area contributed by atoms with Gasteiger partial charge in [-0.2, -0.15) is 0 Å². The van der Waals surface area contributed by atoms with Crippen LogP contribution in [-0.2, 0) is 11.8 Å². The number of benzene rings is 2. The van der Waals surface area contributed by atoms with Gasteiger partial charge in [-0.3, -0.25) is 4.57 Å². The standard InChI is InChI=1S/C16H13Br2N3/c17-11-16-20-19-15(10-12-6-8-13(18)9-7-12)21(16)14-4-2-1-3-5-14/h1-9H,10-11H2. The molecule has 0 unspecified atom stereocenters. The average Bonchev–Trinajstić information content (AvgIpc) is 2.93. The molecule has 0 spiro atoms. The third kappa shape index (κ3) is 3.24. The summed E-state index contributed by atoms with van der Waals surface area (Å²) in [5.41, 5.74) is 2.30. The lowest BCUT2D eigenvalue weighted by molar-refractivity contribution is 0.888. The first-order valence-electron chi connectivity index (χ1n) is 6.57. The van der Waals surface area contributed by atoms with Crippen molar-refractivity contribution in [1.29, 1.82) is 0 Å². The van der Waals surface area contributed by atoms with Gasteiger partial charge in [0.15, 0.2) is 0 Å². The smallest absolute Gasteiger partial charge is 0.148 e. The van der Waals surface area contributed by atoms with Crippen LogP contribution >= 0.6 is 31.9 Å². The van der Waals surface area contributed by atoms with Crippen molar-refractivity contribution < 1.29 is 0 Å². The molecule has 0 atom stereocenters. The number of nitrogens with zero attached hydrogens (tertiary/aromatic N) is 3. The number of halogens is 2. The van der Waals surface area contributed by atoms with Crippen LogP contribution < -0.4 is 0 Å². The lowest BCUT2D eigenvalue weighted by atomic mass is 10.1. The van der Waals surface area contributed by atoms with E-state index in [1.807, 2.05) is 30.3 Å². The van der Waals surface area contributed by atoms with E-state index >= 15 is 0 Å². The summed E-state index contributed by atoms with van der Waals surface area (Å²) in [5.74, 6) is 1.85. The van der Waals surface area contributed by atoms with E-state index in [2.05, 4.69) is 70.9 Å². The molecule has 2 aromatic carbocycles. The first kappa shape index (κ1) is 14.5. The Balaban J connectivity index is 1.99. The Hall–Kier alpha value is -1.46. The van der Waals surface area contributed by atoms with Crippen LogP contribution in [0.5, 0.6) is 0 Å². The highest BCUT2D eigenvalue weighted by molar-refractivity contribution is 9.10. The summed E-state index contributed by atoms with van der Waals surface area (Å²) in [6.07, 6.45) is 0.752. The van der Waals surface area contributed by atoms with Crippen LogP contribution in [0.2, 0.25) is 0 Å². The summed E-state index contributed by atoms with van der Waals surface area (Å²) in [7, 11) is 0. The van der Waals surface area contributed by atoms with Gasteiger partial charge < -0.3 is 0 Å². The highest BCUT2D eigenvalue weighted by Gasteiger charge is 2.13. The Morgan fingerprint density at radius 1 is 0.857 bits per heavy atom. The Morgan fingerprint density at radius 2 is 1.52 bits per heavy atom. The zero-order valence-corrected chi connectivity index (χ0v) is 14.4. The molecule has 1 heterocycles. The van der Waals surface area contributed by atoms with Crippen LogP contribution in [0, 0.1) is 0 Å². The van der Waals surface area contributed by atoms with Crippen molar-refractivity contribution in [2.45, 2.75) is 11.8 Å². The predicted octanol–water partition coefficient (Wildman–Crippen LogP) is 4.52. The molecule has 0 bridgehead atoms. The van der Waals surface area contributed by atoms with Crippen LogP contribution in [0.15, 0.2) is 59.1 Å². The van der Waals surface area contributed by atoms with Gasteiger partial charge in [-0.25, -0.2) is 0 Å². The quantitative estimate of drug-likeness (QED) is 0.596. The second-order valence-corrected chi connectivity index (χ2v) is 6.12. The van der Waals surface area contributed by atoms with Gasteiger partial charge in [0.05, 0.1) is 5.33 Å². The first-order chi connectivity index (χ1) is 10.3. The maximum Gasteiger partial charge on any atom is 0.148 e. The van der Waals surface area contributed by atoms with E-state index in [1.165, 1.54) is 5.56 Å². The van der Waals surface area contributed by atoms with Crippen molar-refractivity contribution in [2.24, 2.45) is 0 Å². The molecule has 0 radical (unpaired) electrons. The molecule has 1 aromatic heterocycles. The van der Waals surface area contributed by atoms with Crippen LogP contribution in [0.25, 0.3) is 5.69 Å². The van der Waals surface area contributed by atoms with Gasteiger partial charge in [0, 0.05) is 16.6 Å². The van der Waals surface area contributed by atoms with E-state index in [-0.39, 0.29) is 0 Å². The normalized spacial score (nSPS) is 10.8. The van der Waals surface area contributed by atoms with Gasteiger partial charge in [-0.1, -0.05) is 62.2 Å². The third-order valence-electron chi connectivity index (χ3n) is 3.21. The molecular formula is C16H13Br2N3. The maximum atomic E-state index is 4.35. The van der Waals surface area contributed by atoms with E-state index < -0.39 is 0 Å². The van der Waals surface area contributed by atoms with Crippen molar-refractivity contribution in [3.63, 3.8) is 0 Å². The van der Waals surface area contributed by atoms with E-state index in [0.29, 0.717) is 5.33 Å². The fourth-order valence-corrected chi connectivity index (χ4v) is 2.84. The van der Waals surface area contributed by atoms with Crippen molar-refractivity contribution in [3.05, 3.63) is 76.3 Å². The van der Waals surface area contributed by atoms with E-state index in [0.717, 1.165) is 28.2 Å². The molecule has 106 valence electrons. The van der Waals surface area contributed by atoms with Crippen LogP contribution in [0.4, 0.5) is 0 Å². The molecule has 0 aliphatic carbocycles. The van der Waals surface area contributed by atoms with Gasteiger partial charge >= 0.3 is 0 Å². The molecule has 21 heavy (non-hydrogen) atoms. The van der Waals surface area contributed by atoms with E-state index in [1.54, 1.807) is 0 Å². The Kier molecular flexibility index (Phi) is 4.51. The van der Waals surface area contributed by atoms with Crippen molar-refractivity contribution in [2.75, 3.05) is 0 Å². The van der Waals surface area contributed by atoms with E-state index in [9.17, 15) is 0 Å². The molecule has 0 fully saturated rings. The zero-order chi connectivity index (χ0) is 14.7. The Labute approximate surface area is 140 Å². The molecular weight excluding hydrogens is 394 g/mol. The van der Waals surface area contributed by atoms with Crippen LogP contribution in [0.1, 0.15) is 17.2 Å². The van der Waals surface area contributed by atoms with Crippen molar-refractivity contribution in [3.8, 4) is 5.69 Å². The van der Waals surface area contributed by atoms with Gasteiger partial charge in [0.25, 0.3) is 0 Å². The number of para-hydroxylation sites is 1. The highest BCUT2D eigenvalue weighted by Crippen LogP contribution is 2.19. The second kappa shape index (κ2) is 6.54. The Morgan fingerprint density at radius 3 is 2.19 bits per heavy atom. The number of rotatable bonds is 4. The number of hydrogen-bond donors (Lipinski definition) is 0. The topological polar surface area (TPSA) is 30.7 Å². The van der Waals surface area contributed by atoms with Gasteiger partial charge in [-0.15, -0.1) is 10.2 Å². The number of aromatic nitrogens is 3. The minimum atomic E-state index is 0.676. The lowest BCUT2D eigenvalue weighted by Gasteiger charge is -2.09. The molecule has 0 aliphatic rings. The average molecular weight is 407 g/mol. The SMILES string of the molecule is BrCc1nnc(Cc2ccc(Br)cc2)n1-c1ccccc1. The zero-order valence-electron chi connectivity index (χ0n) is 11.2. The van der Waals surface area contributed by atoms with E-state index in [4.69, 9.17) is 0 Å². The summed E-state index contributed by atoms with van der Waals surface area (Å²) in [6, 6.07) is 18.5. The van der Waals surface area contributed by atoms with Crippen LogP contribution in [-0.4, -0.2) is 14.8 Å². The largest absolute Gasteiger partial charge is 0.282 e. The molecule has 0 aliphatic heterocycles. The van der Waals surface area contributed by atoms with Crippen LogP contribution in [0.3, 0.4) is 0 Å². The maximum absolute atomic E-state index is 4.35. The minimum absolute atomic E-state index is 0.676. The van der Waals surface area contributed by atoms with Gasteiger partial charge in [0.1, 0.15) is 11.6 Å². The summed E-state index contributed by atoms with van der Waals surface area (Å²) in [4.78, 5) is 0. The molecule has 3 aromatic rings. The first-order valence-corrected chi connectivity index (χ1v) is 8.48. The fraction of sp³-hybridized carbons (Fsp3) is 0.125. The molecule has 0 N–H and O–H groups in total. The van der Waals surface area contributed by atoms with Gasteiger partial charge in [0.2, 0.25) is 0 Å². The molecule has 0 saturated carbocycles.